The summed E-state index contributed by atoms with van der Waals surface area (Å²) in [5.41, 5.74) is 2.75. The lowest BCUT2D eigenvalue weighted by molar-refractivity contribution is 0.452. The third-order valence-corrected chi connectivity index (χ3v) is 3.47. The molecule has 0 spiro atoms. The first-order valence-corrected chi connectivity index (χ1v) is 6.22. The summed E-state index contributed by atoms with van der Waals surface area (Å²) in [4.78, 5) is 0. The first-order chi connectivity index (χ1) is 7.68. The Labute approximate surface area is 97.7 Å². The molecule has 0 saturated carbocycles. The highest BCUT2D eigenvalue weighted by Crippen LogP contribution is 2.33. The van der Waals surface area contributed by atoms with Crippen molar-refractivity contribution < 1.29 is 5.11 Å². The molecule has 88 valence electrons. The summed E-state index contributed by atoms with van der Waals surface area (Å²) >= 11 is 0. The lowest BCUT2D eigenvalue weighted by Crippen LogP contribution is -2.27. The van der Waals surface area contributed by atoms with Crippen LogP contribution in [0.1, 0.15) is 49.7 Å². The van der Waals surface area contributed by atoms with Gasteiger partial charge < -0.3 is 10.4 Å². The average Bonchev–Trinajstić information content (AvgIpc) is 2.30. The van der Waals surface area contributed by atoms with E-state index in [0.29, 0.717) is 17.6 Å². The zero-order valence-electron chi connectivity index (χ0n) is 10.2. The molecular weight excluding hydrogens is 198 g/mol. The number of piperidine rings is 1. The van der Waals surface area contributed by atoms with Gasteiger partial charge in [0.2, 0.25) is 0 Å². The fourth-order valence-electron chi connectivity index (χ4n) is 2.57. The third-order valence-electron chi connectivity index (χ3n) is 3.47. The first-order valence-electron chi connectivity index (χ1n) is 6.22. The molecule has 1 aliphatic rings. The molecule has 0 bridgehead atoms. The number of phenols is 1. The Morgan fingerprint density at radius 1 is 1.25 bits per heavy atom. The Morgan fingerprint density at radius 3 is 2.56 bits per heavy atom. The van der Waals surface area contributed by atoms with Gasteiger partial charge in [-0.05, 0) is 61.0 Å². The Morgan fingerprint density at radius 2 is 1.94 bits per heavy atom. The van der Waals surface area contributed by atoms with E-state index in [4.69, 9.17) is 0 Å². The van der Waals surface area contributed by atoms with Crippen molar-refractivity contribution in [3.63, 3.8) is 0 Å². The number of nitrogens with one attached hydrogen (secondary N) is 1. The van der Waals surface area contributed by atoms with E-state index in [1.54, 1.807) is 0 Å². The van der Waals surface area contributed by atoms with E-state index in [-0.39, 0.29) is 0 Å². The topological polar surface area (TPSA) is 32.3 Å². The molecule has 2 N–H and O–H groups in total. The van der Waals surface area contributed by atoms with Crippen LogP contribution < -0.4 is 5.32 Å². The van der Waals surface area contributed by atoms with Gasteiger partial charge >= 0.3 is 0 Å². The van der Waals surface area contributed by atoms with Gasteiger partial charge in [-0.15, -0.1) is 0 Å². The second-order valence-electron chi connectivity index (χ2n) is 4.99. The Kier molecular flexibility index (Phi) is 3.49. The van der Waals surface area contributed by atoms with Gasteiger partial charge in [-0.25, -0.2) is 0 Å². The molecule has 2 rings (SSSR count). The van der Waals surface area contributed by atoms with Crippen molar-refractivity contribution >= 4 is 0 Å². The zero-order valence-corrected chi connectivity index (χ0v) is 10.2. The van der Waals surface area contributed by atoms with Crippen LogP contribution in [0.5, 0.6) is 5.75 Å². The number of aromatic hydroxyl groups is 1. The van der Waals surface area contributed by atoms with E-state index in [2.05, 4.69) is 25.2 Å². The molecule has 1 saturated heterocycles. The van der Waals surface area contributed by atoms with Crippen molar-refractivity contribution in [2.45, 2.75) is 38.5 Å². The summed E-state index contributed by atoms with van der Waals surface area (Å²) in [7, 11) is 0. The molecule has 0 atom stereocenters. The van der Waals surface area contributed by atoms with Crippen LogP contribution in [-0.2, 0) is 0 Å². The second-order valence-corrected chi connectivity index (χ2v) is 4.99. The van der Waals surface area contributed by atoms with E-state index in [1.807, 2.05) is 12.1 Å². The lowest BCUT2D eigenvalue weighted by Gasteiger charge is -2.26. The molecule has 1 heterocycles. The molecule has 1 aliphatic heterocycles. The second kappa shape index (κ2) is 4.88. The van der Waals surface area contributed by atoms with E-state index >= 15 is 0 Å². The highest BCUT2D eigenvalue weighted by molar-refractivity contribution is 5.39. The van der Waals surface area contributed by atoms with E-state index in [0.717, 1.165) is 13.1 Å². The highest BCUT2D eigenvalue weighted by Gasteiger charge is 2.19. The number of benzene rings is 1. The monoisotopic (exact) mass is 219 g/mol. The maximum Gasteiger partial charge on any atom is 0.115 e. The average molecular weight is 219 g/mol. The third kappa shape index (κ3) is 2.38. The molecular formula is C14H21NO. The van der Waals surface area contributed by atoms with Gasteiger partial charge in [-0.3, -0.25) is 0 Å². The quantitative estimate of drug-likeness (QED) is 0.801. The van der Waals surface area contributed by atoms with Crippen LogP contribution in [0.25, 0.3) is 0 Å². The van der Waals surface area contributed by atoms with Crippen molar-refractivity contribution in [1.29, 1.82) is 0 Å². The van der Waals surface area contributed by atoms with E-state index < -0.39 is 0 Å². The summed E-state index contributed by atoms with van der Waals surface area (Å²) in [5, 5.41) is 13.0. The normalized spacial score (nSPS) is 17.9. The minimum Gasteiger partial charge on any atom is -0.508 e. The van der Waals surface area contributed by atoms with Gasteiger partial charge in [0.15, 0.2) is 0 Å². The molecule has 1 aromatic carbocycles. The van der Waals surface area contributed by atoms with Crippen LogP contribution in [0.3, 0.4) is 0 Å². The van der Waals surface area contributed by atoms with Gasteiger partial charge in [-0.2, -0.15) is 0 Å². The molecule has 0 radical (unpaired) electrons. The predicted octanol–water partition coefficient (Wildman–Crippen LogP) is 2.98. The van der Waals surface area contributed by atoms with Gasteiger partial charge in [0.05, 0.1) is 0 Å². The molecule has 2 nitrogen and oxygen atoms in total. The van der Waals surface area contributed by atoms with Crippen molar-refractivity contribution in [1.82, 2.24) is 5.32 Å². The molecule has 2 heteroatoms. The lowest BCUT2D eigenvalue weighted by atomic mass is 9.84. The maximum atomic E-state index is 9.57. The minimum absolute atomic E-state index is 0.390. The number of hydrogen-bond acceptors (Lipinski definition) is 2. The van der Waals surface area contributed by atoms with Gasteiger partial charge in [0, 0.05) is 0 Å². The number of hydrogen-bond donors (Lipinski definition) is 2. The highest BCUT2D eigenvalue weighted by atomic mass is 16.3. The summed E-state index contributed by atoms with van der Waals surface area (Å²) in [6.07, 6.45) is 2.43. The van der Waals surface area contributed by atoms with Crippen LogP contribution in [-0.4, -0.2) is 18.2 Å². The Hall–Kier alpha value is -1.02. The van der Waals surface area contributed by atoms with Gasteiger partial charge in [-0.1, -0.05) is 19.9 Å². The Bertz CT molecular complexity index is 354. The van der Waals surface area contributed by atoms with Crippen molar-refractivity contribution in [2.24, 2.45) is 0 Å². The van der Waals surface area contributed by atoms with Crippen LogP contribution in [0.4, 0.5) is 0 Å². The molecule has 0 unspecified atom stereocenters. The van der Waals surface area contributed by atoms with Crippen molar-refractivity contribution in [3.8, 4) is 5.75 Å². The van der Waals surface area contributed by atoms with Crippen LogP contribution in [0, 0.1) is 0 Å². The summed E-state index contributed by atoms with van der Waals surface area (Å²) in [5.74, 6) is 1.54. The first kappa shape index (κ1) is 11.5. The summed E-state index contributed by atoms with van der Waals surface area (Å²) < 4.78 is 0. The van der Waals surface area contributed by atoms with Crippen molar-refractivity contribution in [2.75, 3.05) is 13.1 Å². The SMILES string of the molecule is CC(C)c1cc(O)ccc1C1CCNCC1. The molecule has 16 heavy (non-hydrogen) atoms. The number of rotatable bonds is 2. The molecule has 1 aromatic rings. The molecule has 1 fully saturated rings. The maximum absolute atomic E-state index is 9.57. The fraction of sp³-hybridized carbons (Fsp3) is 0.571. The smallest absolute Gasteiger partial charge is 0.115 e. The van der Waals surface area contributed by atoms with Gasteiger partial charge in [0.25, 0.3) is 0 Å². The van der Waals surface area contributed by atoms with Crippen LogP contribution >= 0.6 is 0 Å². The van der Waals surface area contributed by atoms with Crippen molar-refractivity contribution in [3.05, 3.63) is 29.3 Å². The summed E-state index contributed by atoms with van der Waals surface area (Å²) in [6, 6.07) is 5.87. The molecule has 0 amide bonds. The van der Waals surface area contributed by atoms with E-state index in [1.165, 1.54) is 24.0 Å². The standard InChI is InChI=1S/C14H21NO/c1-10(2)14-9-12(16)3-4-13(14)11-5-7-15-8-6-11/h3-4,9-11,15-16H,5-8H2,1-2H3. The fourth-order valence-corrected chi connectivity index (χ4v) is 2.57. The minimum atomic E-state index is 0.390. The predicted molar refractivity (Wildman–Crippen MR) is 67.0 cm³/mol. The zero-order chi connectivity index (χ0) is 11.5. The van der Waals surface area contributed by atoms with Crippen LogP contribution in [0.15, 0.2) is 18.2 Å². The number of phenolic OH excluding ortho intramolecular Hbond substituents is 1. The largest absolute Gasteiger partial charge is 0.508 e. The molecule has 0 aromatic heterocycles. The van der Waals surface area contributed by atoms with Gasteiger partial charge in [0.1, 0.15) is 5.75 Å². The Balaban J connectivity index is 2.31. The summed E-state index contributed by atoms with van der Waals surface area (Å²) in [6.45, 7) is 6.62. The van der Waals surface area contributed by atoms with Crippen LogP contribution in [0.2, 0.25) is 0 Å². The molecule has 0 aliphatic carbocycles. The van der Waals surface area contributed by atoms with E-state index in [9.17, 15) is 5.11 Å².